The predicted octanol–water partition coefficient (Wildman–Crippen LogP) is 2.24. The van der Waals surface area contributed by atoms with Gasteiger partial charge in [-0.2, -0.15) is 0 Å². The SMILES string of the molecule is Cc1ccc(NC(=O)CC2N=C(N3CCc4ccccc4C3)NC2=O)cc1. The van der Waals surface area contributed by atoms with Crippen LogP contribution in [0, 0.1) is 6.92 Å². The Kier molecular flexibility index (Phi) is 4.62. The minimum Gasteiger partial charge on any atom is -0.338 e. The van der Waals surface area contributed by atoms with E-state index in [0.29, 0.717) is 5.96 Å². The molecule has 2 aromatic rings. The second-order valence-electron chi connectivity index (χ2n) is 7.02. The fourth-order valence-electron chi connectivity index (χ4n) is 3.43. The molecule has 27 heavy (non-hydrogen) atoms. The lowest BCUT2D eigenvalue weighted by Crippen LogP contribution is -2.43. The number of hydrogen-bond donors (Lipinski definition) is 2. The van der Waals surface area contributed by atoms with Crippen molar-refractivity contribution in [1.82, 2.24) is 10.2 Å². The zero-order valence-electron chi connectivity index (χ0n) is 15.2. The van der Waals surface area contributed by atoms with Crippen molar-refractivity contribution in [3.8, 4) is 0 Å². The molecular weight excluding hydrogens is 340 g/mol. The van der Waals surface area contributed by atoms with Crippen LogP contribution in [-0.4, -0.2) is 35.3 Å². The number of fused-ring (bicyclic) bond motifs is 1. The van der Waals surface area contributed by atoms with E-state index in [2.05, 4.69) is 32.7 Å². The summed E-state index contributed by atoms with van der Waals surface area (Å²) in [4.78, 5) is 31.1. The largest absolute Gasteiger partial charge is 0.338 e. The molecule has 6 nitrogen and oxygen atoms in total. The average Bonchev–Trinajstić information content (AvgIpc) is 3.03. The third-order valence-corrected chi connectivity index (χ3v) is 4.96. The van der Waals surface area contributed by atoms with E-state index in [9.17, 15) is 9.59 Å². The second kappa shape index (κ2) is 7.23. The Balaban J connectivity index is 1.39. The summed E-state index contributed by atoms with van der Waals surface area (Å²) in [7, 11) is 0. The van der Waals surface area contributed by atoms with Crippen molar-refractivity contribution in [2.75, 3.05) is 11.9 Å². The molecule has 0 fully saturated rings. The van der Waals surface area contributed by atoms with Crippen LogP contribution in [0.1, 0.15) is 23.1 Å². The molecule has 0 saturated carbocycles. The molecule has 0 saturated heterocycles. The molecule has 138 valence electrons. The van der Waals surface area contributed by atoms with Crippen molar-refractivity contribution >= 4 is 23.5 Å². The first-order chi connectivity index (χ1) is 13.1. The molecular formula is C21H22N4O2. The lowest BCUT2D eigenvalue weighted by atomic mass is 10.0. The smallest absolute Gasteiger partial charge is 0.252 e. The summed E-state index contributed by atoms with van der Waals surface area (Å²) >= 11 is 0. The lowest BCUT2D eigenvalue weighted by Gasteiger charge is -2.29. The fourth-order valence-corrected chi connectivity index (χ4v) is 3.43. The monoisotopic (exact) mass is 362 g/mol. The molecule has 6 heteroatoms. The number of carbonyl (C=O) groups excluding carboxylic acids is 2. The summed E-state index contributed by atoms with van der Waals surface area (Å²) in [6, 6.07) is 15.2. The fraction of sp³-hybridized carbons (Fsp3) is 0.286. The molecule has 1 unspecified atom stereocenters. The van der Waals surface area contributed by atoms with Crippen molar-refractivity contribution in [2.45, 2.75) is 32.4 Å². The van der Waals surface area contributed by atoms with E-state index < -0.39 is 6.04 Å². The Labute approximate surface area is 158 Å². The first-order valence-electron chi connectivity index (χ1n) is 9.15. The maximum Gasteiger partial charge on any atom is 0.252 e. The molecule has 0 spiro atoms. The van der Waals surface area contributed by atoms with Gasteiger partial charge in [-0.1, -0.05) is 42.0 Å². The number of nitrogens with one attached hydrogen (secondary N) is 2. The highest BCUT2D eigenvalue weighted by molar-refractivity contribution is 6.07. The highest BCUT2D eigenvalue weighted by Gasteiger charge is 2.32. The van der Waals surface area contributed by atoms with Gasteiger partial charge in [-0.25, -0.2) is 4.99 Å². The maximum absolute atomic E-state index is 12.3. The van der Waals surface area contributed by atoms with E-state index >= 15 is 0 Å². The second-order valence-corrected chi connectivity index (χ2v) is 7.02. The van der Waals surface area contributed by atoms with Crippen molar-refractivity contribution in [3.05, 3.63) is 65.2 Å². The summed E-state index contributed by atoms with van der Waals surface area (Å²) in [5, 5.41) is 5.66. The Morgan fingerprint density at radius 1 is 1.19 bits per heavy atom. The standard InChI is InChI=1S/C21H22N4O2/c1-14-6-8-17(9-7-14)22-19(26)12-18-20(27)24-21(23-18)25-11-10-15-4-2-3-5-16(15)13-25/h2-9,18H,10-13H2,1H3,(H,22,26)(H,23,24,27). The van der Waals surface area contributed by atoms with Crippen LogP contribution < -0.4 is 10.6 Å². The van der Waals surface area contributed by atoms with Gasteiger partial charge in [0.1, 0.15) is 6.04 Å². The van der Waals surface area contributed by atoms with E-state index in [-0.39, 0.29) is 18.2 Å². The number of carbonyl (C=O) groups is 2. The number of guanidine groups is 1. The third kappa shape index (κ3) is 3.84. The molecule has 4 rings (SSSR count). The van der Waals surface area contributed by atoms with E-state index in [1.54, 1.807) is 0 Å². The number of nitrogens with zero attached hydrogens (tertiary/aromatic N) is 2. The van der Waals surface area contributed by atoms with Crippen molar-refractivity contribution in [3.63, 3.8) is 0 Å². The minimum atomic E-state index is -0.678. The van der Waals surface area contributed by atoms with Crippen molar-refractivity contribution < 1.29 is 9.59 Å². The summed E-state index contributed by atoms with van der Waals surface area (Å²) in [5.74, 6) is 0.138. The zero-order chi connectivity index (χ0) is 18.8. The quantitative estimate of drug-likeness (QED) is 0.879. The highest BCUT2D eigenvalue weighted by Crippen LogP contribution is 2.20. The Bertz CT molecular complexity index is 905. The molecule has 0 bridgehead atoms. The molecule has 2 N–H and O–H groups in total. The molecule has 2 aromatic carbocycles. The van der Waals surface area contributed by atoms with Gasteiger partial charge in [-0.15, -0.1) is 0 Å². The Morgan fingerprint density at radius 2 is 1.93 bits per heavy atom. The molecule has 1 atom stereocenters. The molecule has 0 aromatic heterocycles. The first-order valence-corrected chi connectivity index (χ1v) is 9.15. The highest BCUT2D eigenvalue weighted by atomic mass is 16.2. The van der Waals surface area contributed by atoms with Crippen LogP contribution in [0.4, 0.5) is 5.69 Å². The molecule has 0 radical (unpaired) electrons. The molecule has 0 aliphatic carbocycles. The topological polar surface area (TPSA) is 73.8 Å². The molecule has 2 amide bonds. The maximum atomic E-state index is 12.3. The number of aliphatic imine (C=N–C) groups is 1. The van der Waals surface area contributed by atoms with Gasteiger partial charge in [0.25, 0.3) is 5.91 Å². The number of benzene rings is 2. The summed E-state index contributed by atoms with van der Waals surface area (Å²) in [6.07, 6.45) is 0.956. The lowest BCUT2D eigenvalue weighted by molar-refractivity contribution is -0.123. The van der Waals surface area contributed by atoms with Crippen LogP contribution in [0.3, 0.4) is 0 Å². The van der Waals surface area contributed by atoms with Crippen LogP contribution in [0.25, 0.3) is 0 Å². The van der Waals surface area contributed by atoms with Crippen molar-refractivity contribution in [2.24, 2.45) is 4.99 Å². The normalized spacial score (nSPS) is 18.6. The Hall–Kier alpha value is -3.15. The van der Waals surface area contributed by atoms with Gasteiger partial charge in [0.05, 0.1) is 6.42 Å². The summed E-state index contributed by atoms with van der Waals surface area (Å²) in [5.41, 5.74) is 4.44. The predicted molar refractivity (Wildman–Crippen MR) is 104 cm³/mol. The molecule has 2 aliphatic heterocycles. The van der Waals surface area contributed by atoms with Gasteiger partial charge >= 0.3 is 0 Å². The number of amides is 2. The number of hydrogen-bond acceptors (Lipinski definition) is 4. The van der Waals surface area contributed by atoms with E-state index in [1.807, 2.05) is 43.3 Å². The van der Waals surface area contributed by atoms with E-state index in [4.69, 9.17) is 0 Å². The van der Waals surface area contributed by atoms with Crippen LogP contribution in [0.5, 0.6) is 0 Å². The summed E-state index contributed by atoms with van der Waals surface area (Å²) in [6.45, 7) is 3.51. The number of rotatable bonds is 3. The minimum absolute atomic E-state index is 0.0354. The van der Waals surface area contributed by atoms with Crippen LogP contribution in [-0.2, 0) is 22.6 Å². The van der Waals surface area contributed by atoms with Gasteiger partial charge in [-0.05, 0) is 36.6 Å². The van der Waals surface area contributed by atoms with Gasteiger partial charge in [0, 0.05) is 18.8 Å². The van der Waals surface area contributed by atoms with Gasteiger partial charge in [0.15, 0.2) is 0 Å². The number of aryl methyl sites for hydroxylation is 1. The van der Waals surface area contributed by atoms with Crippen LogP contribution in [0.2, 0.25) is 0 Å². The first kappa shape index (κ1) is 17.3. The third-order valence-electron chi connectivity index (χ3n) is 4.96. The van der Waals surface area contributed by atoms with Crippen LogP contribution in [0.15, 0.2) is 53.5 Å². The molecule has 2 aliphatic rings. The van der Waals surface area contributed by atoms with Gasteiger partial charge in [0.2, 0.25) is 11.9 Å². The van der Waals surface area contributed by atoms with Crippen LogP contribution >= 0.6 is 0 Å². The van der Waals surface area contributed by atoms with Crippen molar-refractivity contribution in [1.29, 1.82) is 0 Å². The zero-order valence-corrected chi connectivity index (χ0v) is 15.2. The van der Waals surface area contributed by atoms with Gasteiger partial charge in [-0.3, -0.25) is 14.9 Å². The Morgan fingerprint density at radius 3 is 2.70 bits per heavy atom. The number of anilines is 1. The molecule has 2 heterocycles. The summed E-state index contributed by atoms with van der Waals surface area (Å²) < 4.78 is 0. The van der Waals surface area contributed by atoms with E-state index in [1.165, 1.54) is 11.1 Å². The average molecular weight is 362 g/mol. The van der Waals surface area contributed by atoms with E-state index in [0.717, 1.165) is 30.8 Å². The van der Waals surface area contributed by atoms with Gasteiger partial charge < -0.3 is 10.2 Å².